The van der Waals surface area contributed by atoms with Crippen LogP contribution in [0.4, 0.5) is 24.5 Å². The van der Waals surface area contributed by atoms with Crippen molar-refractivity contribution in [2.24, 2.45) is 0 Å². The van der Waals surface area contributed by atoms with Crippen molar-refractivity contribution in [1.29, 1.82) is 0 Å². The van der Waals surface area contributed by atoms with Crippen molar-refractivity contribution < 1.29 is 17.9 Å². The molecule has 2 N–H and O–H groups in total. The first-order valence-electron chi connectivity index (χ1n) is 5.70. The van der Waals surface area contributed by atoms with Crippen molar-refractivity contribution in [2.45, 2.75) is 12.6 Å². The molecular formula is C12H16ClF3N2O. The van der Waals surface area contributed by atoms with E-state index in [2.05, 4.69) is 4.74 Å². The number of alkyl halides is 3. The predicted molar refractivity (Wildman–Crippen MR) is 70.6 cm³/mol. The third-order valence-corrected chi connectivity index (χ3v) is 2.69. The predicted octanol–water partition coefficient (Wildman–Crippen LogP) is 3.33. The van der Waals surface area contributed by atoms with E-state index in [0.29, 0.717) is 23.7 Å². The van der Waals surface area contributed by atoms with Gasteiger partial charge in [-0.25, -0.2) is 0 Å². The zero-order valence-corrected chi connectivity index (χ0v) is 11.3. The number of nitrogens with two attached hydrogens (primary N) is 1. The maximum atomic E-state index is 11.8. The molecule has 1 aromatic rings. The number of ether oxygens (including phenoxy) is 1. The summed E-state index contributed by atoms with van der Waals surface area (Å²) in [6, 6.07) is 5.09. The summed E-state index contributed by atoms with van der Waals surface area (Å²) in [4.78, 5) is 1.83. The van der Waals surface area contributed by atoms with E-state index in [1.807, 2.05) is 4.90 Å². The van der Waals surface area contributed by atoms with Gasteiger partial charge in [-0.2, -0.15) is 13.2 Å². The molecule has 19 heavy (non-hydrogen) atoms. The normalized spacial score (nSPS) is 11.6. The van der Waals surface area contributed by atoms with Crippen molar-refractivity contribution in [1.82, 2.24) is 0 Å². The highest BCUT2D eigenvalue weighted by Crippen LogP contribution is 2.26. The van der Waals surface area contributed by atoms with Gasteiger partial charge in [-0.15, -0.1) is 0 Å². The highest BCUT2D eigenvalue weighted by atomic mass is 35.5. The van der Waals surface area contributed by atoms with Crippen molar-refractivity contribution in [3.8, 4) is 0 Å². The minimum atomic E-state index is -4.27. The Morgan fingerprint density at radius 1 is 1.37 bits per heavy atom. The molecule has 0 aliphatic carbocycles. The van der Waals surface area contributed by atoms with E-state index in [0.717, 1.165) is 5.69 Å². The van der Waals surface area contributed by atoms with Crippen LogP contribution in [-0.2, 0) is 4.74 Å². The zero-order valence-electron chi connectivity index (χ0n) is 10.5. The number of hydrogen-bond acceptors (Lipinski definition) is 3. The average molecular weight is 297 g/mol. The second kappa shape index (κ2) is 6.86. The summed E-state index contributed by atoms with van der Waals surface area (Å²) in [7, 11) is 1.80. The molecule has 0 unspecified atom stereocenters. The van der Waals surface area contributed by atoms with E-state index >= 15 is 0 Å². The second-order valence-electron chi connectivity index (χ2n) is 4.15. The smallest absolute Gasteiger partial charge is 0.397 e. The summed E-state index contributed by atoms with van der Waals surface area (Å²) in [5, 5.41) is 0.560. The molecular weight excluding hydrogens is 281 g/mol. The number of benzene rings is 1. The van der Waals surface area contributed by atoms with Gasteiger partial charge in [-0.05, 0) is 24.6 Å². The summed E-state index contributed by atoms with van der Waals surface area (Å²) in [6.07, 6.45) is -3.80. The summed E-state index contributed by atoms with van der Waals surface area (Å²) in [6.45, 7) is -0.636. The van der Waals surface area contributed by atoms with Gasteiger partial charge in [-0.1, -0.05) is 11.6 Å². The molecule has 0 amide bonds. The minimum absolute atomic E-state index is 0.0460. The van der Waals surface area contributed by atoms with Crippen molar-refractivity contribution in [3.63, 3.8) is 0 Å². The molecule has 108 valence electrons. The summed E-state index contributed by atoms with van der Waals surface area (Å²) in [5.41, 5.74) is 7.12. The van der Waals surface area contributed by atoms with Crippen LogP contribution >= 0.6 is 11.6 Å². The number of halogens is 4. The first kappa shape index (κ1) is 15.9. The van der Waals surface area contributed by atoms with Crippen LogP contribution in [0.3, 0.4) is 0 Å². The van der Waals surface area contributed by atoms with Crippen LogP contribution in [0.15, 0.2) is 18.2 Å². The topological polar surface area (TPSA) is 38.5 Å². The highest BCUT2D eigenvalue weighted by Gasteiger charge is 2.27. The number of nitrogen functional groups attached to an aromatic ring is 1. The van der Waals surface area contributed by atoms with Gasteiger partial charge < -0.3 is 15.4 Å². The fourth-order valence-electron chi connectivity index (χ4n) is 1.56. The first-order chi connectivity index (χ1) is 8.79. The van der Waals surface area contributed by atoms with Gasteiger partial charge in [0.05, 0.1) is 11.4 Å². The Morgan fingerprint density at radius 3 is 2.68 bits per heavy atom. The third-order valence-electron chi connectivity index (χ3n) is 2.45. The summed E-state index contributed by atoms with van der Waals surface area (Å²) in [5.74, 6) is 0. The maximum Gasteiger partial charge on any atom is 0.411 e. The molecule has 0 fully saturated rings. The number of hydrogen-bond donors (Lipinski definition) is 1. The zero-order chi connectivity index (χ0) is 14.5. The Labute approximate surface area is 115 Å². The van der Waals surface area contributed by atoms with Crippen molar-refractivity contribution in [2.75, 3.05) is 37.4 Å². The number of rotatable bonds is 6. The van der Waals surface area contributed by atoms with Crippen LogP contribution in [0.1, 0.15) is 6.42 Å². The first-order valence-corrected chi connectivity index (χ1v) is 6.08. The van der Waals surface area contributed by atoms with Crippen LogP contribution in [-0.4, -0.2) is 33.0 Å². The monoisotopic (exact) mass is 296 g/mol. The maximum absolute atomic E-state index is 11.8. The second-order valence-corrected chi connectivity index (χ2v) is 4.58. The lowest BCUT2D eigenvalue weighted by Gasteiger charge is -2.21. The Kier molecular flexibility index (Phi) is 5.75. The van der Waals surface area contributed by atoms with E-state index in [1.54, 1.807) is 25.2 Å². The van der Waals surface area contributed by atoms with E-state index < -0.39 is 12.8 Å². The summed E-state index contributed by atoms with van der Waals surface area (Å²) >= 11 is 5.86. The molecule has 1 rings (SSSR count). The van der Waals surface area contributed by atoms with Gasteiger partial charge in [-0.3, -0.25) is 0 Å². The van der Waals surface area contributed by atoms with Gasteiger partial charge in [0.25, 0.3) is 0 Å². The Balaban J connectivity index is 2.35. The van der Waals surface area contributed by atoms with Crippen LogP contribution in [0.5, 0.6) is 0 Å². The Bertz CT molecular complexity index is 412. The lowest BCUT2D eigenvalue weighted by Crippen LogP contribution is -2.22. The minimum Gasteiger partial charge on any atom is -0.397 e. The van der Waals surface area contributed by atoms with Gasteiger partial charge >= 0.3 is 6.18 Å². The van der Waals surface area contributed by atoms with E-state index in [4.69, 9.17) is 17.3 Å². The molecule has 0 atom stereocenters. The van der Waals surface area contributed by atoms with E-state index in [9.17, 15) is 13.2 Å². The van der Waals surface area contributed by atoms with Crippen LogP contribution in [0.2, 0.25) is 5.02 Å². The summed E-state index contributed by atoms with van der Waals surface area (Å²) < 4.78 is 40.0. The lowest BCUT2D eigenvalue weighted by molar-refractivity contribution is -0.173. The number of anilines is 2. The molecule has 0 heterocycles. The van der Waals surface area contributed by atoms with Crippen molar-refractivity contribution in [3.05, 3.63) is 23.2 Å². The molecule has 0 spiro atoms. The third kappa shape index (κ3) is 6.02. The van der Waals surface area contributed by atoms with Gasteiger partial charge in [0.2, 0.25) is 0 Å². The largest absolute Gasteiger partial charge is 0.411 e. The fourth-order valence-corrected chi connectivity index (χ4v) is 1.73. The fraction of sp³-hybridized carbons (Fsp3) is 0.500. The molecule has 0 aliphatic heterocycles. The molecule has 3 nitrogen and oxygen atoms in total. The Hall–Kier alpha value is -1.14. The average Bonchev–Trinajstić information content (AvgIpc) is 2.30. The molecule has 0 radical (unpaired) electrons. The molecule has 0 aliphatic rings. The van der Waals surface area contributed by atoms with Crippen LogP contribution in [0.25, 0.3) is 0 Å². The molecule has 1 aromatic carbocycles. The molecule has 7 heteroatoms. The standard InChI is InChI=1S/C12H16ClF3N2O/c1-18(5-2-6-19-8-12(14,15)16)11-7-9(13)3-4-10(11)17/h3-4,7H,2,5-6,8,17H2,1H3. The Morgan fingerprint density at radius 2 is 2.05 bits per heavy atom. The van der Waals surface area contributed by atoms with Gasteiger partial charge in [0.1, 0.15) is 6.61 Å². The quantitative estimate of drug-likeness (QED) is 0.646. The van der Waals surface area contributed by atoms with Crippen molar-refractivity contribution >= 4 is 23.0 Å². The van der Waals surface area contributed by atoms with E-state index in [-0.39, 0.29) is 6.61 Å². The number of nitrogens with zero attached hydrogens (tertiary/aromatic N) is 1. The molecule has 0 bridgehead atoms. The lowest BCUT2D eigenvalue weighted by atomic mass is 10.2. The van der Waals surface area contributed by atoms with E-state index in [1.165, 1.54) is 0 Å². The molecule has 0 saturated heterocycles. The van der Waals surface area contributed by atoms with Crippen LogP contribution < -0.4 is 10.6 Å². The highest BCUT2D eigenvalue weighted by molar-refractivity contribution is 6.31. The van der Waals surface area contributed by atoms with Gasteiger partial charge in [0.15, 0.2) is 0 Å². The molecule has 0 aromatic heterocycles. The van der Waals surface area contributed by atoms with Crippen LogP contribution in [0, 0.1) is 0 Å². The molecule has 0 saturated carbocycles. The van der Waals surface area contributed by atoms with Gasteiger partial charge in [0, 0.05) is 25.2 Å². The SMILES string of the molecule is CN(CCCOCC(F)(F)F)c1cc(Cl)ccc1N.